The van der Waals surface area contributed by atoms with Gasteiger partial charge in [-0.1, -0.05) is 30.4 Å². The number of nitrogens with one attached hydrogen (secondary N) is 1. The van der Waals surface area contributed by atoms with E-state index in [4.69, 9.17) is 9.47 Å². The standard InChI is InChI=1S/C24H33NO3/c1-27-21-14-13-18(17-22(21)28-2)15-16-25-24(26)23-19-11-9-7-5-3-4-6-8-10-12-20(19)23/h5-8,13-14,17,19-20,23H,3-4,9-12,15-16H2,1-2H3,(H,25,26)/b7-5-,8-6+/t19-,20+,23?/m0/s1. The molecule has 2 aliphatic carbocycles. The van der Waals surface area contributed by atoms with Crippen LogP contribution in [0.15, 0.2) is 42.5 Å². The first-order valence-corrected chi connectivity index (χ1v) is 10.5. The van der Waals surface area contributed by atoms with Crippen molar-refractivity contribution in [3.05, 3.63) is 48.1 Å². The average molecular weight is 384 g/mol. The van der Waals surface area contributed by atoms with Crippen LogP contribution in [0, 0.1) is 17.8 Å². The van der Waals surface area contributed by atoms with Gasteiger partial charge in [-0.2, -0.15) is 0 Å². The zero-order chi connectivity index (χ0) is 19.8. The molecule has 28 heavy (non-hydrogen) atoms. The molecule has 1 aromatic rings. The van der Waals surface area contributed by atoms with Crippen LogP contribution >= 0.6 is 0 Å². The molecule has 3 atom stereocenters. The fraction of sp³-hybridized carbons (Fsp3) is 0.542. The van der Waals surface area contributed by atoms with Crippen molar-refractivity contribution in [1.29, 1.82) is 0 Å². The number of amides is 1. The monoisotopic (exact) mass is 383 g/mol. The summed E-state index contributed by atoms with van der Waals surface area (Å²) in [4.78, 5) is 12.7. The van der Waals surface area contributed by atoms with Gasteiger partial charge in [0.15, 0.2) is 11.5 Å². The van der Waals surface area contributed by atoms with Crippen molar-refractivity contribution in [1.82, 2.24) is 5.32 Å². The molecular formula is C24H33NO3. The lowest BCUT2D eigenvalue weighted by Gasteiger charge is -2.10. The van der Waals surface area contributed by atoms with E-state index in [1.54, 1.807) is 14.2 Å². The van der Waals surface area contributed by atoms with Crippen molar-refractivity contribution in [3.63, 3.8) is 0 Å². The molecule has 0 spiro atoms. The molecule has 152 valence electrons. The molecule has 0 radical (unpaired) electrons. The third-order valence-corrected chi connectivity index (χ3v) is 5.96. The summed E-state index contributed by atoms with van der Waals surface area (Å²) in [6.45, 7) is 0.657. The van der Waals surface area contributed by atoms with E-state index >= 15 is 0 Å². The molecule has 1 aromatic carbocycles. The summed E-state index contributed by atoms with van der Waals surface area (Å²) in [6, 6.07) is 5.92. The highest BCUT2D eigenvalue weighted by Gasteiger charge is 2.52. The molecule has 4 heteroatoms. The highest BCUT2D eigenvalue weighted by Crippen LogP contribution is 2.52. The summed E-state index contributed by atoms with van der Waals surface area (Å²) in [5, 5.41) is 3.17. The summed E-state index contributed by atoms with van der Waals surface area (Å²) in [7, 11) is 3.28. The van der Waals surface area contributed by atoms with E-state index in [9.17, 15) is 4.79 Å². The Labute approximate surface area is 169 Å². The highest BCUT2D eigenvalue weighted by atomic mass is 16.5. The second-order valence-corrected chi connectivity index (χ2v) is 7.76. The van der Waals surface area contributed by atoms with E-state index in [0.717, 1.165) is 62.0 Å². The highest BCUT2D eigenvalue weighted by molar-refractivity contribution is 5.82. The minimum Gasteiger partial charge on any atom is -0.493 e. The van der Waals surface area contributed by atoms with E-state index in [-0.39, 0.29) is 11.8 Å². The lowest BCUT2D eigenvalue weighted by molar-refractivity contribution is -0.122. The number of carbonyl (C=O) groups is 1. The quantitative estimate of drug-likeness (QED) is 0.725. The van der Waals surface area contributed by atoms with Crippen LogP contribution in [0.4, 0.5) is 0 Å². The Morgan fingerprint density at radius 2 is 1.54 bits per heavy atom. The minimum atomic E-state index is 0.202. The van der Waals surface area contributed by atoms with Crippen LogP contribution < -0.4 is 14.8 Å². The third kappa shape index (κ3) is 5.40. The maximum atomic E-state index is 12.7. The normalized spacial score (nSPS) is 26.7. The predicted molar refractivity (Wildman–Crippen MR) is 113 cm³/mol. The van der Waals surface area contributed by atoms with E-state index in [1.807, 2.05) is 18.2 Å². The molecule has 1 N–H and O–H groups in total. The van der Waals surface area contributed by atoms with Crippen LogP contribution in [0.25, 0.3) is 0 Å². The van der Waals surface area contributed by atoms with Crippen LogP contribution in [-0.2, 0) is 11.2 Å². The molecule has 4 nitrogen and oxygen atoms in total. The molecule has 0 aromatic heterocycles. The molecule has 0 saturated heterocycles. The lowest BCUT2D eigenvalue weighted by Crippen LogP contribution is -2.28. The fourth-order valence-electron chi connectivity index (χ4n) is 4.35. The summed E-state index contributed by atoms with van der Waals surface area (Å²) < 4.78 is 10.6. The number of carbonyl (C=O) groups excluding carboxylic acids is 1. The van der Waals surface area contributed by atoms with Gasteiger partial charge in [-0.15, -0.1) is 0 Å². The number of methoxy groups -OCH3 is 2. The van der Waals surface area contributed by atoms with E-state index in [0.29, 0.717) is 18.4 Å². The number of rotatable bonds is 6. The van der Waals surface area contributed by atoms with Crippen LogP contribution in [0.3, 0.4) is 0 Å². The van der Waals surface area contributed by atoms with Gasteiger partial charge in [0, 0.05) is 12.5 Å². The van der Waals surface area contributed by atoms with E-state index < -0.39 is 0 Å². The van der Waals surface area contributed by atoms with Gasteiger partial charge in [-0.05, 0) is 74.5 Å². The van der Waals surface area contributed by atoms with Crippen LogP contribution in [0.1, 0.15) is 44.1 Å². The van der Waals surface area contributed by atoms with Gasteiger partial charge in [0.2, 0.25) is 5.91 Å². The fourth-order valence-corrected chi connectivity index (χ4v) is 4.35. The first-order valence-electron chi connectivity index (χ1n) is 10.5. The second kappa shape index (κ2) is 10.4. The Morgan fingerprint density at radius 3 is 2.14 bits per heavy atom. The van der Waals surface area contributed by atoms with Crippen molar-refractivity contribution in [3.8, 4) is 11.5 Å². The molecular weight excluding hydrogens is 350 g/mol. The summed E-state index contributed by atoms with van der Waals surface area (Å²) >= 11 is 0. The molecule has 0 heterocycles. The van der Waals surface area contributed by atoms with Gasteiger partial charge in [0.25, 0.3) is 0 Å². The van der Waals surface area contributed by atoms with Crippen molar-refractivity contribution in [2.75, 3.05) is 20.8 Å². The van der Waals surface area contributed by atoms with Crippen LogP contribution in [0.5, 0.6) is 11.5 Å². The number of allylic oxidation sites excluding steroid dienone is 4. The average Bonchev–Trinajstić information content (AvgIpc) is 3.40. The molecule has 1 saturated carbocycles. The summed E-state index contributed by atoms with van der Waals surface area (Å²) in [5.41, 5.74) is 1.13. The summed E-state index contributed by atoms with van der Waals surface area (Å²) in [6.07, 6.45) is 16.7. The van der Waals surface area contributed by atoms with Crippen molar-refractivity contribution in [2.45, 2.75) is 44.9 Å². The largest absolute Gasteiger partial charge is 0.493 e. The molecule has 1 fully saturated rings. The Morgan fingerprint density at radius 1 is 0.929 bits per heavy atom. The van der Waals surface area contributed by atoms with Crippen LogP contribution in [-0.4, -0.2) is 26.7 Å². The first kappa shape index (κ1) is 20.5. The number of ether oxygens (including phenoxy) is 2. The van der Waals surface area contributed by atoms with Crippen molar-refractivity contribution >= 4 is 5.91 Å². The molecule has 2 aliphatic rings. The number of hydrogen-bond acceptors (Lipinski definition) is 3. The third-order valence-electron chi connectivity index (χ3n) is 5.96. The predicted octanol–water partition coefficient (Wildman–Crippen LogP) is 4.69. The van der Waals surface area contributed by atoms with Crippen molar-refractivity contribution < 1.29 is 14.3 Å². The molecule has 1 unspecified atom stereocenters. The minimum absolute atomic E-state index is 0.202. The van der Waals surface area contributed by atoms with Gasteiger partial charge in [0.05, 0.1) is 14.2 Å². The smallest absolute Gasteiger partial charge is 0.223 e. The Bertz CT molecular complexity index is 686. The number of fused-ring (bicyclic) bond motifs is 1. The van der Waals surface area contributed by atoms with Crippen molar-refractivity contribution in [2.24, 2.45) is 17.8 Å². The zero-order valence-corrected chi connectivity index (χ0v) is 17.2. The number of hydrogen-bond donors (Lipinski definition) is 1. The van der Waals surface area contributed by atoms with E-state index in [2.05, 4.69) is 29.6 Å². The zero-order valence-electron chi connectivity index (χ0n) is 17.2. The van der Waals surface area contributed by atoms with E-state index in [1.165, 1.54) is 0 Å². The van der Waals surface area contributed by atoms with Crippen LogP contribution in [0.2, 0.25) is 0 Å². The Hall–Kier alpha value is -2.23. The van der Waals surface area contributed by atoms with Gasteiger partial charge < -0.3 is 14.8 Å². The maximum Gasteiger partial charge on any atom is 0.223 e. The summed E-state index contributed by atoms with van der Waals surface area (Å²) in [5.74, 6) is 3.00. The lowest BCUT2D eigenvalue weighted by atomic mass is 10.1. The van der Waals surface area contributed by atoms with Gasteiger partial charge in [-0.3, -0.25) is 4.79 Å². The first-order chi connectivity index (χ1) is 13.7. The van der Waals surface area contributed by atoms with Gasteiger partial charge >= 0.3 is 0 Å². The Kier molecular flexibility index (Phi) is 7.58. The second-order valence-electron chi connectivity index (χ2n) is 7.76. The number of benzene rings is 1. The molecule has 0 aliphatic heterocycles. The molecule has 0 bridgehead atoms. The van der Waals surface area contributed by atoms with Gasteiger partial charge in [0.1, 0.15) is 0 Å². The Balaban J connectivity index is 1.49. The topological polar surface area (TPSA) is 47.6 Å². The van der Waals surface area contributed by atoms with Gasteiger partial charge in [-0.25, -0.2) is 0 Å². The maximum absolute atomic E-state index is 12.7. The molecule has 1 amide bonds. The molecule has 3 rings (SSSR count). The SMILES string of the molecule is COc1ccc(CCNC(=O)C2[C@H]3CC/C=C\CC/C=C/CC[C@@H]23)cc1OC.